The van der Waals surface area contributed by atoms with Gasteiger partial charge in [0, 0.05) is 30.8 Å². The maximum Gasteiger partial charge on any atom is 0.259 e. The van der Waals surface area contributed by atoms with Gasteiger partial charge >= 0.3 is 0 Å². The smallest absolute Gasteiger partial charge is 0.259 e. The van der Waals surface area contributed by atoms with Crippen molar-refractivity contribution in [3.05, 3.63) is 47.9 Å². The van der Waals surface area contributed by atoms with E-state index in [-0.39, 0.29) is 5.91 Å². The van der Waals surface area contributed by atoms with E-state index in [1.807, 2.05) is 13.0 Å². The van der Waals surface area contributed by atoms with Crippen molar-refractivity contribution in [2.24, 2.45) is 0 Å². The second-order valence-electron chi connectivity index (χ2n) is 3.79. The fourth-order valence-corrected chi connectivity index (χ4v) is 1.61. The first kappa shape index (κ1) is 12.0. The zero-order chi connectivity index (χ0) is 13.0. The molecule has 2 aromatic rings. The molecule has 0 radical (unpaired) electrons. The lowest BCUT2D eigenvalue weighted by Gasteiger charge is -2.08. The van der Waals surface area contributed by atoms with Crippen LogP contribution in [0.15, 0.2) is 36.7 Å². The van der Waals surface area contributed by atoms with E-state index < -0.39 is 0 Å². The Morgan fingerprint density at radius 3 is 2.78 bits per heavy atom. The first-order valence-electron chi connectivity index (χ1n) is 5.57. The van der Waals surface area contributed by atoms with E-state index in [2.05, 4.69) is 20.6 Å². The average molecular weight is 242 g/mol. The van der Waals surface area contributed by atoms with Crippen LogP contribution in [-0.2, 0) is 0 Å². The summed E-state index contributed by atoms with van der Waals surface area (Å²) in [4.78, 5) is 20.3. The Kier molecular flexibility index (Phi) is 3.52. The Labute approximate surface area is 105 Å². The van der Waals surface area contributed by atoms with Gasteiger partial charge in [-0.1, -0.05) is 0 Å². The minimum absolute atomic E-state index is 0.196. The van der Waals surface area contributed by atoms with Crippen LogP contribution in [0.1, 0.15) is 16.1 Å². The van der Waals surface area contributed by atoms with Crippen LogP contribution in [0.4, 0.5) is 11.5 Å². The Bertz CT molecular complexity index is 568. The van der Waals surface area contributed by atoms with Crippen molar-refractivity contribution in [1.82, 2.24) is 9.97 Å². The minimum Gasteiger partial charge on any atom is -0.372 e. The minimum atomic E-state index is -0.196. The SMILES string of the molecule is CNc1ncccc1C(=O)Nc1ccnc(C)c1. The highest BCUT2D eigenvalue weighted by Crippen LogP contribution is 2.14. The first-order valence-corrected chi connectivity index (χ1v) is 5.57. The molecule has 18 heavy (non-hydrogen) atoms. The van der Waals surface area contributed by atoms with E-state index in [4.69, 9.17) is 0 Å². The second-order valence-corrected chi connectivity index (χ2v) is 3.79. The molecule has 0 aliphatic carbocycles. The van der Waals surface area contributed by atoms with Gasteiger partial charge < -0.3 is 10.6 Å². The highest BCUT2D eigenvalue weighted by atomic mass is 16.1. The molecule has 5 nitrogen and oxygen atoms in total. The average Bonchev–Trinajstić information content (AvgIpc) is 2.38. The van der Waals surface area contributed by atoms with Crippen molar-refractivity contribution in [1.29, 1.82) is 0 Å². The Morgan fingerprint density at radius 1 is 1.22 bits per heavy atom. The van der Waals surface area contributed by atoms with Gasteiger partial charge in [-0.2, -0.15) is 0 Å². The van der Waals surface area contributed by atoms with Crippen LogP contribution in [-0.4, -0.2) is 22.9 Å². The summed E-state index contributed by atoms with van der Waals surface area (Å²) in [5, 5.41) is 5.70. The summed E-state index contributed by atoms with van der Waals surface area (Å²) in [5.41, 5.74) is 2.08. The number of anilines is 2. The molecule has 0 saturated heterocycles. The summed E-state index contributed by atoms with van der Waals surface area (Å²) >= 11 is 0. The molecule has 2 aromatic heterocycles. The molecule has 0 unspecified atom stereocenters. The van der Waals surface area contributed by atoms with Crippen LogP contribution in [0.2, 0.25) is 0 Å². The Hall–Kier alpha value is -2.43. The fourth-order valence-electron chi connectivity index (χ4n) is 1.61. The molecule has 2 rings (SSSR count). The maximum absolute atomic E-state index is 12.1. The van der Waals surface area contributed by atoms with Crippen molar-refractivity contribution in [2.45, 2.75) is 6.92 Å². The molecule has 2 heterocycles. The number of carbonyl (C=O) groups excluding carboxylic acids is 1. The monoisotopic (exact) mass is 242 g/mol. The molecule has 2 N–H and O–H groups in total. The van der Waals surface area contributed by atoms with E-state index in [0.717, 1.165) is 11.4 Å². The van der Waals surface area contributed by atoms with Crippen LogP contribution in [0.3, 0.4) is 0 Å². The van der Waals surface area contributed by atoms with Crippen molar-refractivity contribution in [3.8, 4) is 0 Å². The van der Waals surface area contributed by atoms with Crippen molar-refractivity contribution < 1.29 is 4.79 Å². The number of carbonyl (C=O) groups is 1. The number of nitrogens with one attached hydrogen (secondary N) is 2. The van der Waals surface area contributed by atoms with Crippen LogP contribution >= 0.6 is 0 Å². The van der Waals surface area contributed by atoms with Crippen LogP contribution in [0.25, 0.3) is 0 Å². The molecule has 5 heteroatoms. The number of aromatic nitrogens is 2. The summed E-state index contributed by atoms with van der Waals surface area (Å²) in [7, 11) is 1.73. The van der Waals surface area contributed by atoms with Gasteiger partial charge in [0.1, 0.15) is 5.82 Å². The van der Waals surface area contributed by atoms with Gasteiger partial charge in [-0.3, -0.25) is 9.78 Å². The van der Waals surface area contributed by atoms with Crippen LogP contribution in [0.5, 0.6) is 0 Å². The molecule has 0 aliphatic heterocycles. The molecule has 0 bridgehead atoms. The number of amides is 1. The summed E-state index contributed by atoms with van der Waals surface area (Å²) in [6.45, 7) is 1.87. The lowest BCUT2D eigenvalue weighted by molar-refractivity contribution is 0.102. The number of pyridine rings is 2. The Balaban J connectivity index is 2.22. The molecular weight excluding hydrogens is 228 g/mol. The molecule has 0 saturated carbocycles. The third-order valence-corrected chi connectivity index (χ3v) is 2.44. The number of rotatable bonds is 3. The molecule has 0 spiro atoms. The normalized spacial score (nSPS) is 9.89. The highest BCUT2D eigenvalue weighted by Gasteiger charge is 2.11. The molecule has 0 fully saturated rings. The third-order valence-electron chi connectivity index (χ3n) is 2.44. The van der Waals surface area contributed by atoms with Gasteiger partial charge in [0.2, 0.25) is 0 Å². The van der Waals surface area contributed by atoms with E-state index in [1.54, 1.807) is 37.6 Å². The quantitative estimate of drug-likeness (QED) is 0.864. The Morgan fingerprint density at radius 2 is 2.06 bits per heavy atom. The lowest BCUT2D eigenvalue weighted by atomic mass is 10.2. The van der Waals surface area contributed by atoms with E-state index >= 15 is 0 Å². The van der Waals surface area contributed by atoms with Gasteiger partial charge in [-0.25, -0.2) is 4.98 Å². The van der Waals surface area contributed by atoms with E-state index in [0.29, 0.717) is 11.4 Å². The van der Waals surface area contributed by atoms with Gasteiger partial charge in [-0.05, 0) is 31.2 Å². The predicted molar refractivity (Wildman–Crippen MR) is 70.7 cm³/mol. The van der Waals surface area contributed by atoms with Gasteiger partial charge in [0.05, 0.1) is 5.56 Å². The van der Waals surface area contributed by atoms with E-state index in [9.17, 15) is 4.79 Å². The number of hydrogen-bond donors (Lipinski definition) is 2. The molecule has 0 atom stereocenters. The lowest BCUT2D eigenvalue weighted by Crippen LogP contribution is -2.14. The predicted octanol–water partition coefficient (Wildman–Crippen LogP) is 2.08. The zero-order valence-electron chi connectivity index (χ0n) is 10.3. The molecular formula is C13H14N4O. The summed E-state index contributed by atoms with van der Waals surface area (Å²) in [6, 6.07) is 7.02. The number of hydrogen-bond acceptors (Lipinski definition) is 4. The summed E-state index contributed by atoms with van der Waals surface area (Å²) in [5.74, 6) is 0.360. The van der Waals surface area contributed by atoms with Gasteiger partial charge in [0.15, 0.2) is 0 Å². The third kappa shape index (κ3) is 2.63. The molecule has 0 aliphatic rings. The zero-order valence-corrected chi connectivity index (χ0v) is 10.3. The molecule has 1 amide bonds. The topological polar surface area (TPSA) is 66.9 Å². The van der Waals surface area contributed by atoms with E-state index in [1.165, 1.54) is 0 Å². The summed E-state index contributed by atoms with van der Waals surface area (Å²) < 4.78 is 0. The van der Waals surface area contributed by atoms with Crippen LogP contribution in [0, 0.1) is 6.92 Å². The molecule has 0 aromatic carbocycles. The van der Waals surface area contributed by atoms with Crippen molar-refractivity contribution in [2.75, 3.05) is 17.7 Å². The van der Waals surface area contributed by atoms with Crippen molar-refractivity contribution >= 4 is 17.4 Å². The molecule has 92 valence electrons. The fraction of sp³-hybridized carbons (Fsp3) is 0.154. The first-order chi connectivity index (χ1) is 8.70. The maximum atomic E-state index is 12.1. The largest absolute Gasteiger partial charge is 0.372 e. The van der Waals surface area contributed by atoms with Gasteiger partial charge in [-0.15, -0.1) is 0 Å². The van der Waals surface area contributed by atoms with Crippen molar-refractivity contribution in [3.63, 3.8) is 0 Å². The second kappa shape index (κ2) is 5.27. The number of aryl methyl sites for hydroxylation is 1. The standard InChI is InChI=1S/C13H14N4O/c1-9-8-10(5-7-15-9)17-13(18)11-4-3-6-16-12(11)14-2/h3-8H,1-2H3,(H,14,16)(H,15,17,18). The number of nitrogens with zero attached hydrogens (tertiary/aromatic N) is 2. The summed E-state index contributed by atoms with van der Waals surface area (Å²) in [6.07, 6.45) is 3.30. The van der Waals surface area contributed by atoms with Crippen LogP contribution < -0.4 is 10.6 Å². The highest BCUT2D eigenvalue weighted by molar-refractivity contribution is 6.07. The van der Waals surface area contributed by atoms with Gasteiger partial charge in [0.25, 0.3) is 5.91 Å².